The van der Waals surface area contributed by atoms with Crippen LogP contribution in [0.3, 0.4) is 0 Å². The third-order valence-electron chi connectivity index (χ3n) is 9.18. The number of rotatable bonds is 20. The highest BCUT2D eigenvalue weighted by Crippen LogP contribution is 2.44. The Kier molecular flexibility index (Phi) is 15.3. The van der Waals surface area contributed by atoms with Gasteiger partial charge < -0.3 is 38.6 Å². The van der Waals surface area contributed by atoms with Crippen LogP contribution in [0.4, 0.5) is 0 Å². The number of esters is 2. The predicted octanol–water partition coefficient (Wildman–Crippen LogP) is 8.48. The van der Waals surface area contributed by atoms with Gasteiger partial charge >= 0.3 is 11.9 Å². The van der Waals surface area contributed by atoms with Gasteiger partial charge in [0.25, 0.3) is 0 Å². The zero-order valence-corrected chi connectivity index (χ0v) is 33.3. The van der Waals surface area contributed by atoms with E-state index < -0.39 is 24.1 Å². The topological polar surface area (TPSA) is 130 Å². The molecular formula is C48H50O10. The molecule has 10 heteroatoms. The second kappa shape index (κ2) is 20.7. The number of carbonyl (C=O) groups is 2. The van der Waals surface area contributed by atoms with E-state index >= 15 is 0 Å². The molecule has 4 unspecified atom stereocenters. The average molecular weight is 787 g/mol. The SMILES string of the molecule is C=C(C)C(=O)OCC(O)COc1ccc(C(c2ccc(OC)cc2)C(c2ccc(OCC(O)COC(=O)C(=C)C)cc2)c2ccc(Oc3ccc(C)cc3)cc2)cc1. The van der Waals surface area contributed by atoms with Crippen molar-refractivity contribution in [3.63, 3.8) is 0 Å². The van der Waals surface area contributed by atoms with Crippen molar-refractivity contribution in [2.45, 2.75) is 44.8 Å². The van der Waals surface area contributed by atoms with E-state index in [4.69, 9.17) is 28.4 Å². The van der Waals surface area contributed by atoms with E-state index in [0.717, 1.165) is 39.3 Å². The van der Waals surface area contributed by atoms with Crippen LogP contribution in [0, 0.1) is 6.92 Å². The maximum atomic E-state index is 11.8. The van der Waals surface area contributed by atoms with Crippen molar-refractivity contribution in [1.82, 2.24) is 0 Å². The molecule has 4 atom stereocenters. The number of aryl methyl sites for hydroxylation is 1. The summed E-state index contributed by atoms with van der Waals surface area (Å²) in [5.41, 5.74) is 5.68. The molecule has 0 amide bonds. The van der Waals surface area contributed by atoms with Crippen LogP contribution in [-0.4, -0.2) is 67.9 Å². The lowest BCUT2D eigenvalue weighted by molar-refractivity contribution is -0.143. The number of ether oxygens (including phenoxy) is 6. The van der Waals surface area contributed by atoms with Crippen molar-refractivity contribution < 1.29 is 48.2 Å². The minimum Gasteiger partial charge on any atom is -0.497 e. The lowest BCUT2D eigenvalue weighted by Crippen LogP contribution is -2.25. The molecule has 5 aromatic rings. The first kappa shape index (κ1) is 42.8. The van der Waals surface area contributed by atoms with Crippen molar-refractivity contribution in [3.8, 4) is 28.7 Å². The molecule has 5 rings (SSSR count). The summed E-state index contributed by atoms with van der Waals surface area (Å²) >= 11 is 0. The van der Waals surface area contributed by atoms with E-state index in [1.165, 1.54) is 0 Å². The molecule has 0 heterocycles. The van der Waals surface area contributed by atoms with Crippen LogP contribution < -0.4 is 18.9 Å². The van der Waals surface area contributed by atoms with Crippen molar-refractivity contribution in [1.29, 1.82) is 0 Å². The molecular weight excluding hydrogens is 737 g/mol. The van der Waals surface area contributed by atoms with Crippen LogP contribution in [0.5, 0.6) is 28.7 Å². The predicted molar refractivity (Wildman–Crippen MR) is 222 cm³/mol. The van der Waals surface area contributed by atoms with Gasteiger partial charge in [-0.05, 0) is 104 Å². The number of methoxy groups -OCH3 is 1. The van der Waals surface area contributed by atoms with Crippen molar-refractivity contribution in [2.24, 2.45) is 0 Å². The fourth-order valence-electron chi connectivity index (χ4n) is 6.07. The lowest BCUT2D eigenvalue weighted by atomic mass is 9.73. The molecule has 0 aliphatic heterocycles. The zero-order valence-electron chi connectivity index (χ0n) is 33.3. The van der Waals surface area contributed by atoms with Crippen LogP contribution >= 0.6 is 0 Å². The monoisotopic (exact) mass is 786 g/mol. The minimum absolute atomic E-state index is 0.0740. The summed E-state index contributed by atoms with van der Waals surface area (Å²) in [7, 11) is 1.63. The Bertz CT molecular complexity index is 2110. The smallest absolute Gasteiger partial charge is 0.333 e. The van der Waals surface area contributed by atoms with Gasteiger partial charge in [0.1, 0.15) is 67.4 Å². The van der Waals surface area contributed by atoms with E-state index in [1.54, 1.807) is 21.0 Å². The number of benzene rings is 5. The molecule has 0 aliphatic carbocycles. The summed E-state index contributed by atoms with van der Waals surface area (Å²) in [4.78, 5) is 23.5. The van der Waals surface area contributed by atoms with E-state index in [9.17, 15) is 19.8 Å². The third-order valence-corrected chi connectivity index (χ3v) is 9.18. The fraction of sp³-hybridized carbons (Fsp3) is 0.250. The summed E-state index contributed by atoms with van der Waals surface area (Å²) in [5, 5.41) is 20.7. The molecule has 0 radical (unpaired) electrons. The Morgan fingerprint density at radius 1 is 0.500 bits per heavy atom. The quantitative estimate of drug-likeness (QED) is 0.0586. The van der Waals surface area contributed by atoms with Gasteiger partial charge in [-0.3, -0.25) is 0 Å². The zero-order chi connectivity index (χ0) is 41.6. The molecule has 58 heavy (non-hydrogen) atoms. The highest BCUT2D eigenvalue weighted by molar-refractivity contribution is 5.87. The molecule has 0 saturated carbocycles. The maximum Gasteiger partial charge on any atom is 0.333 e. The van der Waals surface area contributed by atoms with Crippen molar-refractivity contribution in [2.75, 3.05) is 33.5 Å². The Morgan fingerprint density at radius 3 is 1.14 bits per heavy atom. The molecule has 10 nitrogen and oxygen atoms in total. The Morgan fingerprint density at radius 2 is 0.810 bits per heavy atom. The van der Waals surface area contributed by atoms with Gasteiger partial charge in [-0.15, -0.1) is 0 Å². The average Bonchev–Trinajstić information content (AvgIpc) is 3.24. The van der Waals surface area contributed by atoms with E-state index in [2.05, 4.69) is 37.4 Å². The first-order chi connectivity index (χ1) is 27.9. The van der Waals surface area contributed by atoms with E-state index in [1.807, 2.05) is 104 Å². The molecule has 302 valence electrons. The lowest BCUT2D eigenvalue weighted by Gasteiger charge is -2.30. The van der Waals surface area contributed by atoms with E-state index in [0.29, 0.717) is 17.2 Å². The molecule has 0 bridgehead atoms. The number of aliphatic hydroxyl groups is 2. The molecule has 0 saturated heterocycles. The summed E-state index contributed by atoms with van der Waals surface area (Å²) in [5.74, 6) is 1.65. The second-order valence-corrected chi connectivity index (χ2v) is 14.0. The molecule has 0 spiro atoms. The Labute approximate surface area is 339 Å². The van der Waals surface area contributed by atoms with Crippen LogP contribution in [-0.2, 0) is 19.1 Å². The van der Waals surface area contributed by atoms with Gasteiger partial charge in [-0.1, -0.05) is 79.4 Å². The second-order valence-electron chi connectivity index (χ2n) is 14.0. The first-order valence-electron chi connectivity index (χ1n) is 18.9. The van der Waals surface area contributed by atoms with Gasteiger partial charge in [0.15, 0.2) is 0 Å². The van der Waals surface area contributed by atoms with Gasteiger partial charge in [-0.2, -0.15) is 0 Å². The fourth-order valence-corrected chi connectivity index (χ4v) is 6.07. The van der Waals surface area contributed by atoms with Crippen LogP contribution in [0.2, 0.25) is 0 Å². The third kappa shape index (κ3) is 12.3. The van der Waals surface area contributed by atoms with Crippen molar-refractivity contribution in [3.05, 3.63) is 173 Å². The number of carbonyl (C=O) groups excluding carboxylic acids is 2. The number of aliphatic hydroxyl groups excluding tert-OH is 2. The number of hydrogen-bond acceptors (Lipinski definition) is 10. The maximum absolute atomic E-state index is 11.8. The molecule has 5 aromatic carbocycles. The van der Waals surface area contributed by atoms with Crippen molar-refractivity contribution >= 4 is 11.9 Å². The summed E-state index contributed by atoms with van der Waals surface area (Å²) in [6.07, 6.45) is -2.04. The van der Waals surface area contributed by atoms with Crippen LogP contribution in [0.15, 0.2) is 146 Å². The highest BCUT2D eigenvalue weighted by Gasteiger charge is 2.29. The van der Waals surface area contributed by atoms with Gasteiger partial charge in [0, 0.05) is 23.0 Å². The van der Waals surface area contributed by atoms with Gasteiger partial charge in [0.2, 0.25) is 0 Å². The largest absolute Gasteiger partial charge is 0.497 e. The van der Waals surface area contributed by atoms with E-state index in [-0.39, 0.29) is 49.4 Å². The van der Waals surface area contributed by atoms with Crippen LogP contribution in [0.1, 0.15) is 53.5 Å². The summed E-state index contributed by atoms with van der Waals surface area (Å²) in [6, 6.07) is 39.3. The minimum atomic E-state index is -1.02. The molecule has 0 aliphatic rings. The van der Waals surface area contributed by atoms with Gasteiger partial charge in [0.05, 0.1) is 7.11 Å². The Balaban J connectivity index is 1.45. The molecule has 2 N–H and O–H groups in total. The van der Waals surface area contributed by atoms with Gasteiger partial charge in [-0.25, -0.2) is 9.59 Å². The normalized spacial score (nSPS) is 12.9. The highest BCUT2D eigenvalue weighted by atomic mass is 16.6. The summed E-state index contributed by atoms with van der Waals surface area (Å²) < 4.78 is 33.5. The Hall–Kier alpha value is -6.36. The molecule has 0 aromatic heterocycles. The standard InChI is InChI=1S/C48H50O10/c1-31(2)47(51)56-29-38(49)27-54-41-21-11-35(12-22-41)45(34-9-19-40(53-6)20-10-34)46(37-15-25-44(26-16-37)58-43-17-7-33(5)8-18-43)36-13-23-42(24-14-36)55-28-39(50)30-57-48(52)32(3)4/h7-26,38-39,45-46,49-50H,1,3,27-30H2,2,4-6H3. The summed E-state index contributed by atoms with van der Waals surface area (Å²) in [6.45, 7) is 11.6. The van der Waals surface area contributed by atoms with Crippen LogP contribution in [0.25, 0.3) is 0 Å². The molecule has 0 fully saturated rings. The number of hydrogen-bond donors (Lipinski definition) is 2. The first-order valence-corrected chi connectivity index (χ1v) is 18.9.